The topological polar surface area (TPSA) is 81.7 Å². The van der Waals surface area contributed by atoms with Crippen molar-refractivity contribution in [2.75, 3.05) is 7.11 Å². The first-order valence-electron chi connectivity index (χ1n) is 5.72. The van der Waals surface area contributed by atoms with Gasteiger partial charge in [0.15, 0.2) is 0 Å². The SMILES string of the molecule is COC(=O)CC[C@H](NC(C)=O)C(=O)OC(C)(C)C. The van der Waals surface area contributed by atoms with Crippen LogP contribution in [0.2, 0.25) is 0 Å². The van der Waals surface area contributed by atoms with Gasteiger partial charge in [-0.15, -0.1) is 0 Å². The predicted octanol–water partition coefficient (Wildman–Crippen LogP) is 0.786. The highest BCUT2D eigenvalue weighted by molar-refractivity contribution is 5.84. The Bertz CT molecular complexity index is 319. The molecule has 18 heavy (non-hydrogen) atoms. The van der Waals surface area contributed by atoms with Crippen molar-refractivity contribution in [3.05, 3.63) is 0 Å². The Morgan fingerprint density at radius 3 is 2.17 bits per heavy atom. The molecule has 0 fully saturated rings. The van der Waals surface area contributed by atoms with Crippen LogP contribution >= 0.6 is 0 Å². The zero-order chi connectivity index (χ0) is 14.3. The van der Waals surface area contributed by atoms with Gasteiger partial charge in [-0.2, -0.15) is 0 Å². The molecule has 0 aromatic rings. The van der Waals surface area contributed by atoms with E-state index in [-0.39, 0.29) is 18.7 Å². The van der Waals surface area contributed by atoms with Gasteiger partial charge in [-0.05, 0) is 27.2 Å². The number of amides is 1. The molecule has 0 aliphatic rings. The molecule has 0 aromatic carbocycles. The minimum absolute atomic E-state index is 0.0424. The number of methoxy groups -OCH3 is 1. The second kappa shape index (κ2) is 6.98. The molecule has 0 bridgehead atoms. The smallest absolute Gasteiger partial charge is 0.329 e. The molecule has 1 N–H and O–H groups in total. The van der Waals surface area contributed by atoms with E-state index in [1.54, 1.807) is 20.8 Å². The van der Waals surface area contributed by atoms with Gasteiger partial charge in [0.05, 0.1) is 7.11 Å². The van der Waals surface area contributed by atoms with Crippen molar-refractivity contribution in [1.29, 1.82) is 0 Å². The highest BCUT2D eigenvalue weighted by Crippen LogP contribution is 2.11. The fraction of sp³-hybridized carbons (Fsp3) is 0.750. The van der Waals surface area contributed by atoms with Crippen molar-refractivity contribution in [2.45, 2.75) is 52.2 Å². The highest BCUT2D eigenvalue weighted by Gasteiger charge is 2.26. The summed E-state index contributed by atoms with van der Waals surface area (Å²) in [4.78, 5) is 33.8. The Hall–Kier alpha value is -1.59. The zero-order valence-corrected chi connectivity index (χ0v) is 11.5. The summed E-state index contributed by atoms with van der Waals surface area (Å²) in [5.74, 6) is -1.34. The molecule has 0 unspecified atom stereocenters. The number of hydrogen-bond donors (Lipinski definition) is 1. The van der Waals surface area contributed by atoms with Crippen LogP contribution < -0.4 is 5.32 Å². The quantitative estimate of drug-likeness (QED) is 0.738. The third kappa shape index (κ3) is 7.65. The molecule has 0 aliphatic heterocycles. The first kappa shape index (κ1) is 16.4. The summed E-state index contributed by atoms with van der Waals surface area (Å²) in [6, 6.07) is -0.833. The number of hydrogen-bond acceptors (Lipinski definition) is 5. The fourth-order valence-electron chi connectivity index (χ4n) is 1.23. The van der Waals surface area contributed by atoms with E-state index in [1.807, 2.05) is 0 Å². The Morgan fingerprint density at radius 2 is 1.78 bits per heavy atom. The monoisotopic (exact) mass is 259 g/mol. The number of nitrogens with one attached hydrogen (secondary N) is 1. The van der Waals surface area contributed by atoms with E-state index in [0.717, 1.165) is 0 Å². The molecule has 0 saturated carbocycles. The summed E-state index contributed by atoms with van der Waals surface area (Å²) < 4.78 is 9.64. The lowest BCUT2D eigenvalue weighted by Gasteiger charge is -2.24. The number of carbonyl (C=O) groups excluding carboxylic acids is 3. The molecule has 0 radical (unpaired) electrons. The molecule has 0 heterocycles. The largest absolute Gasteiger partial charge is 0.469 e. The number of carbonyl (C=O) groups is 3. The first-order valence-corrected chi connectivity index (χ1v) is 5.72. The molecule has 6 nitrogen and oxygen atoms in total. The summed E-state index contributed by atoms with van der Waals surface area (Å²) in [7, 11) is 1.27. The summed E-state index contributed by atoms with van der Waals surface area (Å²) in [6.45, 7) is 6.50. The third-order valence-corrected chi connectivity index (χ3v) is 1.93. The van der Waals surface area contributed by atoms with Crippen molar-refractivity contribution >= 4 is 17.8 Å². The molecule has 0 aliphatic carbocycles. The van der Waals surface area contributed by atoms with Gasteiger partial charge < -0.3 is 14.8 Å². The summed E-state index contributed by atoms with van der Waals surface area (Å²) >= 11 is 0. The minimum atomic E-state index is -0.833. The van der Waals surface area contributed by atoms with Gasteiger partial charge in [0, 0.05) is 13.3 Å². The van der Waals surface area contributed by atoms with Crippen LogP contribution in [0.3, 0.4) is 0 Å². The molecule has 1 atom stereocenters. The van der Waals surface area contributed by atoms with Gasteiger partial charge in [-0.25, -0.2) is 4.79 Å². The maximum atomic E-state index is 11.8. The maximum absolute atomic E-state index is 11.8. The van der Waals surface area contributed by atoms with E-state index in [1.165, 1.54) is 14.0 Å². The summed E-state index contributed by atoms with van der Waals surface area (Å²) in [6.07, 6.45) is 0.196. The third-order valence-electron chi connectivity index (χ3n) is 1.93. The molecule has 0 spiro atoms. The predicted molar refractivity (Wildman–Crippen MR) is 64.7 cm³/mol. The lowest BCUT2D eigenvalue weighted by Crippen LogP contribution is -2.43. The van der Waals surface area contributed by atoms with Crippen LogP contribution in [-0.2, 0) is 23.9 Å². The number of esters is 2. The highest BCUT2D eigenvalue weighted by atomic mass is 16.6. The van der Waals surface area contributed by atoms with Crippen molar-refractivity contribution in [3.8, 4) is 0 Å². The van der Waals surface area contributed by atoms with Gasteiger partial charge in [0.25, 0.3) is 0 Å². The van der Waals surface area contributed by atoms with Crippen LogP contribution in [0.1, 0.15) is 40.5 Å². The van der Waals surface area contributed by atoms with E-state index >= 15 is 0 Å². The van der Waals surface area contributed by atoms with E-state index in [2.05, 4.69) is 10.1 Å². The first-order chi connectivity index (χ1) is 8.15. The summed E-state index contributed by atoms with van der Waals surface area (Å²) in [5.41, 5.74) is -0.640. The van der Waals surface area contributed by atoms with Crippen LogP contribution in [0.15, 0.2) is 0 Å². The Kier molecular flexibility index (Phi) is 6.36. The van der Waals surface area contributed by atoms with Gasteiger partial charge in [0.1, 0.15) is 11.6 Å². The maximum Gasteiger partial charge on any atom is 0.329 e. The van der Waals surface area contributed by atoms with Gasteiger partial charge in [0.2, 0.25) is 5.91 Å². The lowest BCUT2D eigenvalue weighted by atomic mass is 10.1. The fourth-order valence-corrected chi connectivity index (χ4v) is 1.23. The van der Waals surface area contributed by atoms with Crippen LogP contribution in [0.5, 0.6) is 0 Å². The second-order valence-corrected chi connectivity index (χ2v) is 4.90. The Balaban J connectivity index is 4.52. The second-order valence-electron chi connectivity index (χ2n) is 4.90. The molecule has 104 valence electrons. The van der Waals surface area contributed by atoms with E-state index in [4.69, 9.17) is 4.74 Å². The average molecular weight is 259 g/mol. The van der Waals surface area contributed by atoms with Crippen molar-refractivity contribution in [3.63, 3.8) is 0 Å². The molecule has 0 rings (SSSR count). The Labute approximate surface area is 107 Å². The van der Waals surface area contributed by atoms with Gasteiger partial charge >= 0.3 is 11.9 Å². The Morgan fingerprint density at radius 1 is 1.22 bits per heavy atom. The van der Waals surface area contributed by atoms with Crippen LogP contribution in [0.4, 0.5) is 0 Å². The molecular formula is C12H21NO5. The summed E-state index contributed by atoms with van der Waals surface area (Å²) in [5, 5.41) is 2.46. The van der Waals surface area contributed by atoms with Crippen LogP contribution in [-0.4, -0.2) is 36.6 Å². The molecular weight excluding hydrogens is 238 g/mol. The lowest BCUT2D eigenvalue weighted by molar-refractivity contribution is -0.159. The number of ether oxygens (including phenoxy) is 2. The van der Waals surface area contributed by atoms with Gasteiger partial charge in [-0.1, -0.05) is 0 Å². The number of rotatable bonds is 5. The zero-order valence-electron chi connectivity index (χ0n) is 11.5. The van der Waals surface area contributed by atoms with Crippen LogP contribution in [0, 0.1) is 0 Å². The van der Waals surface area contributed by atoms with Gasteiger partial charge in [-0.3, -0.25) is 9.59 Å². The van der Waals surface area contributed by atoms with Crippen molar-refractivity contribution in [2.24, 2.45) is 0 Å². The van der Waals surface area contributed by atoms with Crippen LogP contribution in [0.25, 0.3) is 0 Å². The normalized spacial score (nSPS) is 12.5. The molecule has 1 amide bonds. The van der Waals surface area contributed by atoms with E-state index < -0.39 is 23.6 Å². The molecule has 0 aromatic heterocycles. The van der Waals surface area contributed by atoms with Crippen molar-refractivity contribution in [1.82, 2.24) is 5.32 Å². The standard InChI is InChI=1S/C12H21NO5/c1-8(14)13-9(6-7-10(15)17-5)11(16)18-12(2,3)4/h9H,6-7H2,1-5H3,(H,13,14)/t9-/m0/s1. The van der Waals surface area contributed by atoms with E-state index in [0.29, 0.717) is 0 Å². The average Bonchev–Trinajstić information content (AvgIpc) is 2.20. The molecule has 6 heteroatoms. The minimum Gasteiger partial charge on any atom is -0.469 e. The van der Waals surface area contributed by atoms with E-state index in [9.17, 15) is 14.4 Å². The molecule has 0 saturated heterocycles. The van der Waals surface area contributed by atoms with Crippen molar-refractivity contribution < 1.29 is 23.9 Å².